The largest absolute Gasteiger partial charge is 0.378 e. The summed E-state index contributed by atoms with van der Waals surface area (Å²) in [6.45, 7) is 5.11. The number of piperidine rings is 1. The third kappa shape index (κ3) is 3.19. The average Bonchev–Trinajstić information content (AvgIpc) is 3.25. The number of amides is 1. The van der Waals surface area contributed by atoms with Crippen LogP contribution in [0.1, 0.15) is 33.6 Å². The van der Waals surface area contributed by atoms with Crippen molar-refractivity contribution in [3.8, 4) is 0 Å². The second-order valence-electron chi connectivity index (χ2n) is 7.51. The van der Waals surface area contributed by atoms with Gasteiger partial charge < -0.3 is 19.3 Å². The lowest BCUT2D eigenvalue weighted by atomic mass is 9.82. The minimum atomic E-state index is -0.207. The monoisotopic (exact) mass is 400 g/mol. The lowest BCUT2D eigenvalue weighted by Gasteiger charge is -2.44. The van der Waals surface area contributed by atoms with E-state index in [1.54, 1.807) is 12.4 Å². The maximum atomic E-state index is 12.9. The van der Waals surface area contributed by atoms with Crippen molar-refractivity contribution in [2.75, 3.05) is 50.9 Å². The van der Waals surface area contributed by atoms with Gasteiger partial charge in [-0.1, -0.05) is 0 Å². The molecule has 2 aromatic heterocycles. The van der Waals surface area contributed by atoms with Gasteiger partial charge >= 0.3 is 0 Å². The van der Waals surface area contributed by atoms with E-state index in [0.29, 0.717) is 37.8 Å². The lowest BCUT2D eigenvalue weighted by molar-refractivity contribution is -0.0926. The molecule has 3 aliphatic heterocycles. The molecule has 2 aromatic rings. The van der Waals surface area contributed by atoms with Crippen LogP contribution in [-0.4, -0.2) is 66.8 Å². The number of anilines is 1. The molecular weight excluding hydrogens is 376 g/mol. The van der Waals surface area contributed by atoms with E-state index in [9.17, 15) is 4.79 Å². The number of rotatable bonds is 2. The predicted molar refractivity (Wildman–Crippen MR) is 106 cm³/mol. The fourth-order valence-electron chi connectivity index (χ4n) is 4.38. The molecule has 5 rings (SSSR count). The van der Waals surface area contributed by atoms with E-state index in [1.165, 1.54) is 10.4 Å². The van der Waals surface area contributed by atoms with E-state index >= 15 is 0 Å². The molecule has 1 spiro atoms. The van der Waals surface area contributed by atoms with Crippen molar-refractivity contribution >= 4 is 23.2 Å². The van der Waals surface area contributed by atoms with Gasteiger partial charge in [0.25, 0.3) is 5.91 Å². The maximum absolute atomic E-state index is 12.9. The summed E-state index contributed by atoms with van der Waals surface area (Å²) in [5, 5.41) is 2.16. The van der Waals surface area contributed by atoms with E-state index in [0.717, 1.165) is 39.0 Å². The van der Waals surface area contributed by atoms with Gasteiger partial charge in [-0.2, -0.15) is 0 Å². The van der Waals surface area contributed by atoms with Crippen LogP contribution >= 0.6 is 11.3 Å². The van der Waals surface area contributed by atoms with Crippen LogP contribution < -0.4 is 4.90 Å². The lowest BCUT2D eigenvalue weighted by Crippen LogP contribution is -2.48. The van der Waals surface area contributed by atoms with Crippen LogP contribution in [0, 0.1) is 0 Å². The molecule has 7 nitrogen and oxygen atoms in total. The standard InChI is InChI=1S/C20H24N4O3S/c25-18(15-13-21-19(22-14-15)24-7-10-26-11-8-24)23-5-3-20(4-6-23)16-2-12-28-17(16)1-9-27-20/h2,12-14H,1,3-11H2. The smallest absolute Gasteiger partial charge is 0.256 e. The molecule has 0 aromatic carbocycles. The van der Waals surface area contributed by atoms with Crippen molar-refractivity contribution in [2.45, 2.75) is 24.9 Å². The third-order valence-corrected chi connectivity index (χ3v) is 6.96. The van der Waals surface area contributed by atoms with Crippen molar-refractivity contribution in [1.29, 1.82) is 0 Å². The van der Waals surface area contributed by atoms with E-state index in [4.69, 9.17) is 9.47 Å². The first-order chi connectivity index (χ1) is 13.8. The summed E-state index contributed by atoms with van der Waals surface area (Å²) in [6.07, 6.45) is 5.99. The fourth-order valence-corrected chi connectivity index (χ4v) is 5.33. The average molecular weight is 401 g/mol. The minimum Gasteiger partial charge on any atom is -0.378 e. The number of likely N-dealkylation sites (tertiary alicyclic amines) is 1. The predicted octanol–water partition coefficient (Wildman–Crippen LogP) is 2.08. The SMILES string of the molecule is O=C(c1cnc(N2CCOCC2)nc1)N1CCC2(CC1)OCCc1sccc12. The Balaban J connectivity index is 1.25. The molecule has 5 heterocycles. The highest BCUT2D eigenvalue weighted by Gasteiger charge is 2.42. The number of aromatic nitrogens is 2. The molecule has 2 fully saturated rings. The molecule has 0 unspecified atom stereocenters. The second kappa shape index (κ2) is 7.42. The Morgan fingerprint density at radius 3 is 2.57 bits per heavy atom. The van der Waals surface area contributed by atoms with E-state index < -0.39 is 0 Å². The zero-order valence-corrected chi connectivity index (χ0v) is 16.6. The van der Waals surface area contributed by atoms with Gasteiger partial charge in [0.1, 0.15) is 0 Å². The Bertz CT molecular complexity index is 839. The molecule has 0 bridgehead atoms. The molecule has 0 atom stereocenters. The van der Waals surface area contributed by atoms with Gasteiger partial charge in [-0.15, -0.1) is 11.3 Å². The Labute approximate surface area is 168 Å². The Morgan fingerprint density at radius 1 is 1.07 bits per heavy atom. The van der Waals surface area contributed by atoms with Crippen molar-refractivity contribution < 1.29 is 14.3 Å². The number of nitrogens with zero attached hydrogens (tertiary/aromatic N) is 4. The number of morpholine rings is 1. The van der Waals surface area contributed by atoms with Gasteiger partial charge in [-0.25, -0.2) is 9.97 Å². The van der Waals surface area contributed by atoms with Crippen LogP contribution in [0.25, 0.3) is 0 Å². The van der Waals surface area contributed by atoms with Crippen LogP contribution in [-0.2, 0) is 21.5 Å². The van der Waals surface area contributed by atoms with Crippen LogP contribution in [0.4, 0.5) is 5.95 Å². The molecule has 0 N–H and O–H groups in total. The summed E-state index contributed by atoms with van der Waals surface area (Å²) in [7, 11) is 0. The molecule has 8 heteroatoms. The van der Waals surface area contributed by atoms with Crippen molar-refractivity contribution in [1.82, 2.24) is 14.9 Å². The summed E-state index contributed by atoms with van der Waals surface area (Å²) in [5.74, 6) is 0.669. The first-order valence-electron chi connectivity index (χ1n) is 9.90. The normalized spacial score (nSPS) is 21.6. The molecular formula is C20H24N4O3S. The first-order valence-corrected chi connectivity index (χ1v) is 10.8. The number of fused-ring (bicyclic) bond motifs is 2. The molecule has 0 saturated carbocycles. The zero-order chi connectivity index (χ0) is 19.0. The molecule has 0 aliphatic carbocycles. The Kier molecular flexibility index (Phi) is 4.78. The van der Waals surface area contributed by atoms with Gasteiger partial charge in [-0.3, -0.25) is 4.79 Å². The Hall–Kier alpha value is -2.03. The van der Waals surface area contributed by atoms with E-state index in [1.807, 2.05) is 16.2 Å². The van der Waals surface area contributed by atoms with Crippen LogP contribution in [0.5, 0.6) is 0 Å². The molecule has 1 amide bonds. The maximum Gasteiger partial charge on any atom is 0.256 e. The summed E-state index contributed by atoms with van der Waals surface area (Å²) >= 11 is 1.82. The van der Waals surface area contributed by atoms with Gasteiger partial charge in [0.05, 0.1) is 31.0 Å². The first kappa shape index (κ1) is 18.0. The van der Waals surface area contributed by atoms with Crippen molar-refractivity contribution in [3.63, 3.8) is 0 Å². The highest BCUT2D eigenvalue weighted by Crippen LogP contribution is 2.43. The third-order valence-electron chi connectivity index (χ3n) is 5.98. The minimum absolute atomic E-state index is 0.00438. The topological polar surface area (TPSA) is 67.8 Å². The van der Waals surface area contributed by atoms with E-state index in [2.05, 4.69) is 26.3 Å². The number of hydrogen-bond acceptors (Lipinski definition) is 7. The zero-order valence-electron chi connectivity index (χ0n) is 15.8. The van der Waals surface area contributed by atoms with Gasteiger partial charge in [0.15, 0.2) is 0 Å². The molecule has 3 aliphatic rings. The van der Waals surface area contributed by atoms with Gasteiger partial charge in [-0.05, 0) is 29.9 Å². The van der Waals surface area contributed by atoms with Crippen LogP contribution in [0.2, 0.25) is 0 Å². The Morgan fingerprint density at radius 2 is 1.82 bits per heavy atom. The number of ether oxygens (including phenoxy) is 2. The number of carbonyl (C=O) groups is 1. The number of thiophene rings is 1. The summed E-state index contributed by atoms with van der Waals surface area (Å²) in [4.78, 5) is 27.2. The summed E-state index contributed by atoms with van der Waals surface area (Å²) in [6, 6.07) is 2.20. The quantitative estimate of drug-likeness (QED) is 0.769. The van der Waals surface area contributed by atoms with E-state index in [-0.39, 0.29) is 11.5 Å². The molecule has 148 valence electrons. The number of carbonyl (C=O) groups excluding carboxylic acids is 1. The molecule has 2 saturated heterocycles. The second-order valence-corrected chi connectivity index (χ2v) is 8.51. The highest BCUT2D eigenvalue weighted by atomic mass is 32.1. The van der Waals surface area contributed by atoms with Crippen molar-refractivity contribution in [2.24, 2.45) is 0 Å². The van der Waals surface area contributed by atoms with Gasteiger partial charge in [0, 0.05) is 49.9 Å². The fraction of sp³-hybridized carbons (Fsp3) is 0.550. The van der Waals surface area contributed by atoms with Crippen molar-refractivity contribution in [3.05, 3.63) is 39.8 Å². The van der Waals surface area contributed by atoms with Gasteiger partial charge in [0.2, 0.25) is 5.95 Å². The summed E-state index contributed by atoms with van der Waals surface area (Å²) in [5.41, 5.74) is 1.68. The molecule has 28 heavy (non-hydrogen) atoms. The number of hydrogen-bond donors (Lipinski definition) is 0. The molecule has 0 radical (unpaired) electrons. The highest BCUT2D eigenvalue weighted by molar-refractivity contribution is 7.10. The van der Waals surface area contributed by atoms with Crippen LogP contribution in [0.3, 0.4) is 0 Å². The van der Waals surface area contributed by atoms with Crippen LogP contribution in [0.15, 0.2) is 23.8 Å². The summed E-state index contributed by atoms with van der Waals surface area (Å²) < 4.78 is 11.6.